The van der Waals surface area contributed by atoms with Gasteiger partial charge in [0, 0.05) is 16.1 Å². The first-order chi connectivity index (χ1) is 9.33. The lowest BCUT2D eigenvalue weighted by Crippen LogP contribution is -2.27. The third-order valence-corrected chi connectivity index (χ3v) is 2.75. The van der Waals surface area contributed by atoms with Gasteiger partial charge in [-0.25, -0.2) is 4.79 Å². The van der Waals surface area contributed by atoms with E-state index in [1.807, 2.05) is 24.3 Å². The second kappa shape index (κ2) is 5.66. The molecule has 0 saturated carbocycles. The van der Waals surface area contributed by atoms with Crippen molar-refractivity contribution >= 4 is 27.9 Å². The summed E-state index contributed by atoms with van der Waals surface area (Å²) >= 11 is 3.39. The molecule has 1 heterocycles. The summed E-state index contributed by atoms with van der Waals surface area (Å²) in [5, 5.41) is 6.41. The summed E-state index contributed by atoms with van der Waals surface area (Å²) in [5.74, 6) is 0.245. The monoisotopic (exact) mass is 338 g/mol. The predicted molar refractivity (Wildman–Crippen MR) is 79.5 cm³/mol. The van der Waals surface area contributed by atoms with Crippen molar-refractivity contribution in [1.29, 1.82) is 0 Å². The highest BCUT2D eigenvalue weighted by Crippen LogP contribution is 2.24. The van der Waals surface area contributed by atoms with Gasteiger partial charge in [-0.1, -0.05) is 33.2 Å². The number of hydrogen-bond acceptors (Lipinski definition) is 4. The molecule has 2 rings (SSSR count). The van der Waals surface area contributed by atoms with E-state index in [0.29, 0.717) is 5.69 Å². The Labute approximate surface area is 125 Å². The molecule has 0 atom stereocenters. The topological polar surface area (TPSA) is 64.4 Å². The molecule has 0 unspecified atom stereocenters. The average molecular weight is 339 g/mol. The fourth-order valence-corrected chi connectivity index (χ4v) is 1.92. The zero-order valence-corrected chi connectivity index (χ0v) is 13.0. The van der Waals surface area contributed by atoms with Crippen LogP contribution >= 0.6 is 15.9 Å². The molecule has 6 heteroatoms. The van der Waals surface area contributed by atoms with E-state index in [2.05, 4.69) is 26.4 Å². The van der Waals surface area contributed by atoms with Gasteiger partial charge in [-0.3, -0.25) is 5.32 Å². The van der Waals surface area contributed by atoms with Gasteiger partial charge >= 0.3 is 6.09 Å². The lowest BCUT2D eigenvalue weighted by atomic mass is 10.1. The molecule has 5 nitrogen and oxygen atoms in total. The summed E-state index contributed by atoms with van der Waals surface area (Å²) in [7, 11) is 0. The second-order valence-electron chi connectivity index (χ2n) is 5.21. The molecule has 0 aliphatic carbocycles. The van der Waals surface area contributed by atoms with E-state index in [-0.39, 0.29) is 5.88 Å². The molecule has 0 radical (unpaired) electrons. The molecule has 1 N–H and O–H groups in total. The van der Waals surface area contributed by atoms with E-state index >= 15 is 0 Å². The van der Waals surface area contributed by atoms with Gasteiger partial charge in [-0.15, -0.1) is 0 Å². The minimum Gasteiger partial charge on any atom is -0.444 e. The molecule has 0 saturated heterocycles. The minimum atomic E-state index is -0.575. The molecule has 106 valence electrons. The number of anilines is 1. The maximum absolute atomic E-state index is 11.6. The van der Waals surface area contributed by atoms with Crippen molar-refractivity contribution in [3.8, 4) is 11.3 Å². The van der Waals surface area contributed by atoms with Gasteiger partial charge in [-0.2, -0.15) is 0 Å². The summed E-state index contributed by atoms with van der Waals surface area (Å²) in [4.78, 5) is 11.6. The zero-order chi connectivity index (χ0) is 14.8. The Hall–Kier alpha value is -1.82. The van der Waals surface area contributed by atoms with E-state index in [4.69, 9.17) is 9.26 Å². The van der Waals surface area contributed by atoms with Crippen molar-refractivity contribution in [2.24, 2.45) is 0 Å². The molecule has 0 aliphatic rings. The molecule has 0 spiro atoms. The molecule has 1 amide bonds. The first-order valence-corrected chi connectivity index (χ1v) is 6.85. The Morgan fingerprint density at radius 2 is 2.10 bits per heavy atom. The number of amides is 1. The highest BCUT2D eigenvalue weighted by molar-refractivity contribution is 9.10. The fourth-order valence-electron chi connectivity index (χ4n) is 1.52. The van der Waals surface area contributed by atoms with Crippen LogP contribution in [-0.2, 0) is 4.74 Å². The van der Waals surface area contributed by atoms with Gasteiger partial charge in [-0.05, 0) is 32.9 Å². The molecule has 0 fully saturated rings. The van der Waals surface area contributed by atoms with Crippen molar-refractivity contribution < 1.29 is 14.1 Å². The lowest BCUT2D eigenvalue weighted by molar-refractivity contribution is 0.0631. The molecule has 1 aromatic carbocycles. The van der Waals surface area contributed by atoms with E-state index in [1.165, 1.54) is 0 Å². The van der Waals surface area contributed by atoms with Crippen LogP contribution in [0.15, 0.2) is 39.3 Å². The Morgan fingerprint density at radius 3 is 2.75 bits per heavy atom. The highest BCUT2D eigenvalue weighted by atomic mass is 79.9. The van der Waals surface area contributed by atoms with Crippen LogP contribution in [0.1, 0.15) is 20.8 Å². The number of nitrogens with zero attached hydrogens (tertiary/aromatic N) is 1. The number of carbonyl (C=O) groups is 1. The van der Waals surface area contributed by atoms with Crippen molar-refractivity contribution in [2.45, 2.75) is 26.4 Å². The number of aromatic nitrogens is 1. The van der Waals surface area contributed by atoms with Gasteiger partial charge in [0.05, 0.1) is 0 Å². The number of nitrogens with one attached hydrogen (secondary N) is 1. The Balaban J connectivity index is 2.08. The van der Waals surface area contributed by atoms with Crippen molar-refractivity contribution in [2.75, 3.05) is 5.32 Å². The van der Waals surface area contributed by atoms with Gasteiger partial charge in [0.1, 0.15) is 11.3 Å². The molecule has 0 aliphatic heterocycles. The van der Waals surface area contributed by atoms with Crippen LogP contribution in [-0.4, -0.2) is 16.9 Å². The molecule has 20 heavy (non-hydrogen) atoms. The maximum atomic E-state index is 11.6. The smallest absolute Gasteiger partial charge is 0.414 e. The number of carbonyl (C=O) groups excluding carboxylic acids is 1. The number of hydrogen-bond donors (Lipinski definition) is 1. The maximum Gasteiger partial charge on any atom is 0.414 e. The van der Waals surface area contributed by atoms with Crippen LogP contribution in [0.5, 0.6) is 0 Å². The van der Waals surface area contributed by atoms with Crippen LogP contribution in [0.25, 0.3) is 11.3 Å². The summed E-state index contributed by atoms with van der Waals surface area (Å²) in [5.41, 5.74) is 0.967. The molecular formula is C14H15BrN2O3. The van der Waals surface area contributed by atoms with Gasteiger partial charge in [0.15, 0.2) is 0 Å². The van der Waals surface area contributed by atoms with Crippen LogP contribution in [0, 0.1) is 0 Å². The summed E-state index contributed by atoms with van der Waals surface area (Å²) in [6.07, 6.45) is -0.575. The number of ether oxygens (including phenoxy) is 1. The Kier molecular flexibility index (Phi) is 4.13. The van der Waals surface area contributed by atoms with Gasteiger partial charge in [0.25, 0.3) is 0 Å². The van der Waals surface area contributed by atoms with E-state index in [9.17, 15) is 4.79 Å². The molecular weight excluding hydrogens is 324 g/mol. The largest absolute Gasteiger partial charge is 0.444 e. The second-order valence-corrected chi connectivity index (χ2v) is 6.13. The highest BCUT2D eigenvalue weighted by Gasteiger charge is 2.18. The van der Waals surface area contributed by atoms with Crippen molar-refractivity contribution in [1.82, 2.24) is 5.16 Å². The summed E-state index contributed by atoms with van der Waals surface area (Å²) in [6, 6.07) is 9.28. The Morgan fingerprint density at radius 1 is 1.35 bits per heavy atom. The lowest BCUT2D eigenvalue weighted by Gasteiger charge is -2.18. The first-order valence-electron chi connectivity index (χ1n) is 6.06. The van der Waals surface area contributed by atoms with E-state index in [0.717, 1.165) is 10.0 Å². The number of halogens is 1. The third-order valence-electron chi connectivity index (χ3n) is 2.25. The molecule has 1 aromatic heterocycles. The predicted octanol–water partition coefficient (Wildman–Crippen LogP) is 4.45. The van der Waals surface area contributed by atoms with Crippen LogP contribution in [0.4, 0.5) is 10.7 Å². The molecule has 0 bridgehead atoms. The standard InChI is InChI=1S/C14H15BrN2O3/c1-14(2,3)19-13(18)16-12-8-11(17-20-12)9-5-4-6-10(15)7-9/h4-8H,1-3H3,(H,16,18). The van der Waals surface area contributed by atoms with Crippen LogP contribution in [0.3, 0.4) is 0 Å². The quantitative estimate of drug-likeness (QED) is 0.878. The normalized spacial score (nSPS) is 11.2. The third kappa shape index (κ3) is 4.09. The summed E-state index contributed by atoms with van der Waals surface area (Å²) in [6.45, 7) is 5.37. The van der Waals surface area contributed by atoms with E-state index in [1.54, 1.807) is 26.8 Å². The van der Waals surface area contributed by atoms with Gasteiger partial charge in [0.2, 0.25) is 5.88 Å². The number of benzene rings is 1. The van der Waals surface area contributed by atoms with Gasteiger partial charge < -0.3 is 9.26 Å². The van der Waals surface area contributed by atoms with E-state index < -0.39 is 11.7 Å². The van der Waals surface area contributed by atoms with Crippen LogP contribution in [0.2, 0.25) is 0 Å². The van der Waals surface area contributed by atoms with Crippen molar-refractivity contribution in [3.05, 3.63) is 34.8 Å². The first kappa shape index (κ1) is 14.6. The average Bonchev–Trinajstić information content (AvgIpc) is 2.74. The SMILES string of the molecule is CC(C)(C)OC(=O)Nc1cc(-c2cccc(Br)c2)no1. The zero-order valence-electron chi connectivity index (χ0n) is 11.4. The van der Waals surface area contributed by atoms with Crippen LogP contribution < -0.4 is 5.32 Å². The fraction of sp³-hybridized carbons (Fsp3) is 0.286. The molecule has 2 aromatic rings. The van der Waals surface area contributed by atoms with Crippen molar-refractivity contribution in [3.63, 3.8) is 0 Å². The number of rotatable bonds is 2. The summed E-state index contributed by atoms with van der Waals surface area (Å²) < 4.78 is 11.1. The minimum absolute atomic E-state index is 0.245. The Bertz CT molecular complexity index is 617.